The van der Waals surface area contributed by atoms with Gasteiger partial charge in [-0.2, -0.15) is 4.31 Å². The van der Waals surface area contributed by atoms with Crippen LogP contribution in [0.25, 0.3) is 0 Å². The fraction of sp³-hybridized carbons (Fsp3) is 0.417. The van der Waals surface area contributed by atoms with Crippen molar-refractivity contribution in [2.75, 3.05) is 13.1 Å². The van der Waals surface area contributed by atoms with E-state index in [1.807, 2.05) is 6.92 Å². The van der Waals surface area contributed by atoms with E-state index in [0.717, 1.165) is 6.07 Å². The van der Waals surface area contributed by atoms with Crippen molar-refractivity contribution in [3.8, 4) is 0 Å². The van der Waals surface area contributed by atoms with Crippen LogP contribution in [0.3, 0.4) is 0 Å². The molecule has 0 aromatic heterocycles. The van der Waals surface area contributed by atoms with Crippen molar-refractivity contribution in [2.45, 2.75) is 25.2 Å². The zero-order valence-electron chi connectivity index (χ0n) is 10.8. The number of sulfonamides is 1. The minimum Gasteiger partial charge on any atom is -0.478 e. The average Bonchev–Trinajstić information content (AvgIpc) is 2.35. The first-order valence-corrected chi connectivity index (χ1v) is 7.69. The van der Waals surface area contributed by atoms with E-state index in [0.29, 0.717) is 19.5 Å². The van der Waals surface area contributed by atoms with Crippen LogP contribution < -0.4 is 0 Å². The number of halogens is 1. The molecule has 0 amide bonds. The van der Waals surface area contributed by atoms with Gasteiger partial charge in [0.1, 0.15) is 0 Å². The Morgan fingerprint density at radius 1 is 1.37 bits per heavy atom. The fourth-order valence-electron chi connectivity index (χ4n) is 1.68. The number of benzene rings is 1. The van der Waals surface area contributed by atoms with E-state index in [4.69, 9.17) is 16.7 Å². The van der Waals surface area contributed by atoms with Gasteiger partial charge < -0.3 is 5.11 Å². The highest BCUT2D eigenvalue weighted by Crippen LogP contribution is 2.23. The molecule has 0 bridgehead atoms. The van der Waals surface area contributed by atoms with Gasteiger partial charge in [-0.25, -0.2) is 13.2 Å². The summed E-state index contributed by atoms with van der Waals surface area (Å²) in [6.07, 6.45) is 0.687. The van der Waals surface area contributed by atoms with Crippen LogP contribution in [0, 0.1) is 0 Å². The summed E-state index contributed by atoms with van der Waals surface area (Å²) < 4.78 is 26.0. The molecule has 0 aliphatic heterocycles. The minimum atomic E-state index is -3.67. The Hall–Kier alpha value is -1.11. The Kier molecular flexibility index (Phi) is 5.34. The lowest BCUT2D eigenvalue weighted by atomic mass is 10.2. The quantitative estimate of drug-likeness (QED) is 0.876. The van der Waals surface area contributed by atoms with Crippen LogP contribution in [0.2, 0.25) is 5.02 Å². The van der Waals surface area contributed by atoms with Crippen molar-refractivity contribution in [3.05, 3.63) is 28.8 Å². The molecule has 0 spiro atoms. The van der Waals surface area contributed by atoms with Gasteiger partial charge in [0, 0.05) is 13.1 Å². The molecule has 0 aliphatic carbocycles. The molecule has 0 heterocycles. The number of hydrogen-bond acceptors (Lipinski definition) is 3. The Morgan fingerprint density at radius 3 is 2.47 bits per heavy atom. The SMILES string of the molecule is CCCN(CC)S(=O)(=O)c1ccc(Cl)c(C(=O)O)c1. The highest BCUT2D eigenvalue weighted by molar-refractivity contribution is 7.89. The lowest BCUT2D eigenvalue weighted by Gasteiger charge is -2.20. The maximum absolute atomic E-state index is 12.3. The first kappa shape index (κ1) is 15.9. The van der Waals surface area contributed by atoms with Crippen LogP contribution >= 0.6 is 11.6 Å². The predicted molar refractivity (Wildman–Crippen MR) is 73.1 cm³/mol. The Morgan fingerprint density at radius 2 is 2.00 bits per heavy atom. The third-order valence-electron chi connectivity index (χ3n) is 2.63. The van der Waals surface area contributed by atoms with Gasteiger partial charge in [0.15, 0.2) is 0 Å². The van der Waals surface area contributed by atoms with Gasteiger partial charge in [0.05, 0.1) is 15.5 Å². The average molecular weight is 306 g/mol. The van der Waals surface area contributed by atoms with Crippen molar-refractivity contribution < 1.29 is 18.3 Å². The monoisotopic (exact) mass is 305 g/mol. The highest BCUT2D eigenvalue weighted by Gasteiger charge is 2.24. The zero-order valence-corrected chi connectivity index (χ0v) is 12.3. The summed E-state index contributed by atoms with van der Waals surface area (Å²) in [4.78, 5) is 10.9. The highest BCUT2D eigenvalue weighted by atomic mass is 35.5. The summed E-state index contributed by atoms with van der Waals surface area (Å²) >= 11 is 5.73. The van der Waals surface area contributed by atoms with Gasteiger partial charge in [-0.3, -0.25) is 0 Å². The van der Waals surface area contributed by atoms with Crippen LogP contribution in [-0.4, -0.2) is 36.9 Å². The topological polar surface area (TPSA) is 74.7 Å². The van der Waals surface area contributed by atoms with E-state index in [1.54, 1.807) is 6.92 Å². The predicted octanol–water partition coefficient (Wildman–Crippen LogP) is 2.46. The molecule has 19 heavy (non-hydrogen) atoms. The van der Waals surface area contributed by atoms with Crippen LogP contribution in [-0.2, 0) is 10.0 Å². The molecule has 0 radical (unpaired) electrons. The van der Waals surface area contributed by atoms with Crippen molar-refractivity contribution in [1.82, 2.24) is 4.31 Å². The number of nitrogens with zero attached hydrogens (tertiary/aromatic N) is 1. The summed E-state index contributed by atoms with van der Waals surface area (Å²) in [6, 6.07) is 3.71. The minimum absolute atomic E-state index is 0.0185. The number of carboxylic acids is 1. The summed E-state index contributed by atoms with van der Waals surface area (Å²) in [5, 5.41) is 8.98. The van der Waals surface area contributed by atoms with E-state index in [-0.39, 0.29) is 15.5 Å². The molecule has 0 atom stereocenters. The first-order chi connectivity index (χ1) is 8.84. The molecule has 106 valence electrons. The molecule has 1 N–H and O–H groups in total. The third kappa shape index (κ3) is 3.46. The number of carboxylic acid groups (broad SMARTS) is 1. The van der Waals surface area contributed by atoms with Crippen molar-refractivity contribution in [2.24, 2.45) is 0 Å². The molecule has 5 nitrogen and oxygen atoms in total. The maximum atomic E-state index is 12.3. The summed E-state index contributed by atoms with van der Waals surface area (Å²) in [6.45, 7) is 4.34. The van der Waals surface area contributed by atoms with Gasteiger partial charge in [0.2, 0.25) is 10.0 Å². The molecule has 1 aromatic rings. The molecule has 1 aromatic carbocycles. The second-order valence-electron chi connectivity index (χ2n) is 3.94. The second kappa shape index (κ2) is 6.36. The molecule has 1 rings (SSSR count). The Balaban J connectivity index is 3.29. The second-order valence-corrected chi connectivity index (χ2v) is 6.29. The van der Waals surface area contributed by atoms with E-state index in [9.17, 15) is 13.2 Å². The van der Waals surface area contributed by atoms with Crippen molar-refractivity contribution >= 4 is 27.6 Å². The number of hydrogen-bond donors (Lipinski definition) is 1. The molecular formula is C12H16ClNO4S. The first-order valence-electron chi connectivity index (χ1n) is 5.87. The lowest BCUT2D eigenvalue weighted by Crippen LogP contribution is -2.31. The molecule has 7 heteroatoms. The van der Waals surface area contributed by atoms with Crippen LogP contribution in [0.1, 0.15) is 30.6 Å². The molecular weight excluding hydrogens is 290 g/mol. The van der Waals surface area contributed by atoms with Gasteiger partial charge in [0.25, 0.3) is 0 Å². The lowest BCUT2D eigenvalue weighted by molar-refractivity contribution is 0.0697. The van der Waals surface area contributed by atoms with E-state index in [1.165, 1.54) is 16.4 Å². The van der Waals surface area contributed by atoms with Crippen molar-refractivity contribution in [3.63, 3.8) is 0 Å². The Bertz CT molecular complexity index is 571. The summed E-state index contributed by atoms with van der Waals surface area (Å²) in [5.41, 5.74) is -0.213. The molecule has 0 saturated carbocycles. The van der Waals surface area contributed by atoms with Gasteiger partial charge in [-0.05, 0) is 24.6 Å². The van der Waals surface area contributed by atoms with E-state index < -0.39 is 16.0 Å². The largest absolute Gasteiger partial charge is 0.478 e. The maximum Gasteiger partial charge on any atom is 0.337 e. The van der Waals surface area contributed by atoms with Gasteiger partial charge in [-0.15, -0.1) is 0 Å². The summed E-state index contributed by atoms with van der Waals surface area (Å²) in [5.74, 6) is -1.25. The van der Waals surface area contributed by atoms with Crippen LogP contribution in [0.15, 0.2) is 23.1 Å². The zero-order chi connectivity index (χ0) is 14.6. The molecule has 0 aliphatic rings. The molecule has 0 fully saturated rings. The van der Waals surface area contributed by atoms with Crippen LogP contribution in [0.5, 0.6) is 0 Å². The molecule has 0 saturated heterocycles. The number of aromatic carboxylic acids is 1. The number of carbonyl (C=O) groups is 1. The number of rotatable bonds is 6. The van der Waals surface area contributed by atoms with Gasteiger partial charge in [-0.1, -0.05) is 25.4 Å². The third-order valence-corrected chi connectivity index (χ3v) is 4.93. The smallest absolute Gasteiger partial charge is 0.337 e. The van der Waals surface area contributed by atoms with E-state index in [2.05, 4.69) is 0 Å². The van der Waals surface area contributed by atoms with Crippen molar-refractivity contribution in [1.29, 1.82) is 0 Å². The molecule has 0 unspecified atom stereocenters. The van der Waals surface area contributed by atoms with E-state index >= 15 is 0 Å². The fourth-order valence-corrected chi connectivity index (χ4v) is 3.44. The summed E-state index contributed by atoms with van der Waals surface area (Å²) in [7, 11) is -3.67. The Labute approximate surface area is 117 Å². The standard InChI is InChI=1S/C12H16ClNO4S/c1-3-7-14(4-2)19(17,18)9-5-6-11(13)10(8-9)12(15)16/h5-6,8H,3-4,7H2,1-2H3,(H,15,16). The van der Waals surface area contributed by atoms with Crippen LogP contribution in [0.4, 0.5) is 0 Å². The van der Waals surface area contributed by atoms with Gasteiger partial charge >= 0.3 is 5.97 Å². The normalized spacial score (nSPS) is 11.8.